The molecule has 1 aliphatic heterocycles. The van der Waals surface area contributed by atoms with E-state index in [-0.39, 0.29) is 12.5 Å². The minimum Gasteiger partial charge on any atom is -0.494 e. The van der Waals surface area contributed by atoms with Gasteiger partial charge in [0.25, 0.3) is 5.91 Å². The highest BCUT2D eigenvalue weighted by Crippen LogP contribution is 2.37. The molecule has 8 nitrogen and oxygen atoms in total. The molecule has 2 N–H and O–H groups in total. The molecule has 2 aromatic rings. The van der Waals surface area contributed by atoms with Crippen LogP contribution in [0.2, 0.25) is 0 Å². The Morgan fingerprint density at radius 3 is 2.80 bits per heavy atom. The van der Waals surface area contributed by atoms with Crippen molar-refractivity contribution in [3.8, 4) is 5.75 Å². The van der Waals surface area contributed by atoms with Gasteiger partial charge in [0.15, 0.2) is 5.13 Å². The van der Waals surface area contributed by atoms with E-state index in [1.165, 1.54) is 11.3 Å². The summed E-state index contributed by atoms with van der Waals surface area (Å²) in [6.07, 6.45) is 4.18. The van der Waals surface area contributed by atoms with Crippen molar-refractivity contribution in [2.24, 2.45) is 5.92 Å². The molecule has 1 aromatic carbocycles. The van der Waals surface area contributed by atoms with Crippen molar-refractivity contribution < 1.29 is 19.1 Å². The number of carbonyl (C=O) groups is 3. The normalized spacial score (nSPS) is 23.8. The van der Waals surface area contributed by atoms with E-state index in [2.05, 4.69) is 22.5 Å². The summed E-state index contributed by atoms with van der Waals surface area (Å²) in [5.41, 5.74) is -0.0884. The molecule has 4 amide bonds. The van der Waals surface area contributed by atoms with Crippen LogP contribution in [0.1, 0.15) is 46.0 Å². The van der Waals surface area contributed by atoms with Crippen molar-refractivity contribution in [2.75, 3.05) is 18.5 Å². The van der Waals surface area contributed by atoms with Crippen LogP contribution in [0, 0.1) is 5.92 Å². The number of urea groups is 1. The number of imide groups is 1. The molecule has 0 atom stereocenters. The molecule has 30 heavy (non-hydrogen) atoms. The molecule has 0 bridgehead atoms. The topological polar surface area (TPSA) is 101 Å². The third kappa shape index (κ3) is 3.86. The van der Waals surface area contributed by atoms with Crippen LogP contribution in [0.25, 0.3) is 10.2 Å². The van der Waals surface area contributed by atoms with Gasteiger partial charge in [0.2, 0.25) is 5.91 Å². The highest BCUT2D eigenvalue weighted by molar-refractivity contribution is 7.22. The highest BCUT2D eigenvalue weighted by Gasteiger charge is 2.52. The molecule has 2 fully saturated rings. The summed E-state index contributed by atoms with van der Waals surface area (Å²) >= 11 is 1.32. The summed E-state index contributed by atoms with van der Waals surface area (Å²) in [7, 11) is 0. The molecule has 1 aliphatic carbocycles. The van der Waals surface area contributed by atoms with Crippen LogP contribution < -0.4 is 15.4 Å². The molecule has 1 saturated carbocycles. The molecule has 0 radical (unpaired) electrons. The number of hydrogen-bond donors (Lipinski definition) is 2. The number of hydrogen-bond acceptors (Lipinski definition) is 6. The molecule has 0 unspecified atom stereocenters. The molecule has 2 aliphatic rings. The second-order valence-electron chi connectivity index (χ2n) is 7.88. The predicted molar refractivity (Wildman–Crippen MR) is 115 cm³/mol. The van der Waals surface area contributed by atoms with Gasteiger partial charge in [-0.25, -0.2) is 9.78 Å². The van der Waals surface area contributed by atoms with Gasteiger partial charge in [-0.05, 0) is 56.7 Å². The summed E-state index contributed by atoms with van der Waals surface area (Å²) in [6, 6.07) is 5.05. The van der Waals surface area contributed by atoms with Gasteiger partial charge in [0.05, 0.1) is 16.8 Å². The number of aromatic nitrogens is 1. The van der Waals surface area contributed by atoms with E-state index in [9.17, 15) is 14.4 Å². The average molecular weight is 431 g/mol. The highest BCUT2D eigenvalue weighted by atomic mass is 32.1. The van der Waals surface area contributed by atoms with E-state index in [1.54, 1.807) is 0 Å². The van der Waals surface area contributed by atoms with Gasteiger partial charge in [0, 0.05) is 0 Å². The number of thiazole rings is 1. The van der Waals surface area contributed by atoms with Crippen LogP contribution >= 0.6 is 11.3 Å². The first-order chi connectivity index (χ1) is 14.4. The lowest BCUT2D eigenvalue weighted by Gasteiger charge is -2.34. The third-order valence-corrected chi connectivity index (χ3v) is 6.93. The lowest BCUT2D eigenvalue weighted by molar-refractivity contribution is -0.135. The Bertz CT molecular complexity index is 981. The van der Waals surface area contributed by atoms with Gasteiger partial charge >= 0.3 is 6.03 Å². The first-order valence-corrected chi connectivity index (χ1v) is 11.2. The molecule has 160 valence electrons. The van der Waals surface area contributed by atoms with Crippen molar-refractivity contribution in [2.45, 2.75) is 51.5 Å². The van der Waals surface area contributed by atoms with Crippen LogP contribution in [0.3, 0.4) is 0 Å². The smallest absolute Gasteiger partial charge is 0.325 e. The van der Waals surface area contributed by atoms with Gasteiger partial charge in [-0.15, -0.1) is 0 Å². The predicted octanol–water partition coefficient (Wildman–Crippen LogP) is 3.52. The maximum absolute atomic E-state index is 13.0. The van der Waals surface area contributed by atoms with Gasteiger partial charge < -0.3 is 15.4 Å². The van der Waals surface area contributed by atoms with Crippen molar-refractivity contribution >= 4 is 44.5 Å². The maximum atomic E-state index is 13.0. The summed E-state index contributed by atoms with van der Waals surface area (Å²) in [5.74, 6) is 0.610. The fourth-order valence-electron chi connectivity index (χ4n) is 4.25. The number of nitrogens with zero attached hydrogens (tertiary/aromatic N) is 2. The molecule has 2 heterocycles. The molecule has 1 aromatic heterocycles. The second kappa shape index (κ2) is 8.22. The first-order valence-electron chi connectivity index (χ1n) is 10.4. The van der Waals surface area contributed by atoms with E-state index in [1.807, 2.05) is 25.1 Å². The number of ether oxygens (including phenoxy) is 1. The van der Waals surface area contributed by atoms with E-state index in [4.69, 9.17) is 4.74 Å². The number of fused-ring (bicyclic) bond motifs is 1. The summed E-state index contributed by atoms with van der Waals surface area (Å²) in [6.45, 7) is 4.32. The lowest BCUT2D eigenvalue weighted by Crippen LogP contribution is -2.49. The number of benzene rings is 1. The zero-order chi connectivity index (χ0) is 21.3. The summed E-state index contributed by atoms with van der Waals surface area (Å²) < 4.78 is 6.37. The molecule has 4 rings (SSSR count). The van der Waals surface area contributed by atoms with Crippen LogP contribution in [-0.4, -0.2) is 46.4 Å². The van der Waals surface area contributed by atoms with Crippen LogP contribution in [0.15, 0.2) is 18.2 Å². The Hall–Kier alpha value is -2.68. The summed E-state index contributed by atoms with van der Waals surface area (Å²) in [4.78, 5) is 43.3. The van der Waals surface area contributed by atoms with Crippen molar-refractivity contribution in [3.63, 3.8) is 0 Å². The fourth-order valence-corrected chi connectivity index (χ4v) is 5.17. The minimum atomic E-state index is -0.839. The van der Waals surface area contributed by atoms with E-state index in [0.717, 1.165) is 40.1 Å². The van der Waals surface area contributed by atoms with Gasteiger partial charge in [-0.2, -0.15) is 0 Å². The Balaban J connectivity index is 1.41. The Morgan fingerprint density at radius 1 is 1.33 bits per heavy atom. The number of nitrogens with one attached hydrogen (secondary N) is 2. The second-order valence-corrected chi connectivity index (χ2v) is 8.92. The van der Waals surface area contributed by atoms with Gasteiger partial charge in [0.1, 0.15) is 17.8 Å². The van der Waals surface area contributed by atoms with Crippen LogP contribution in [-0.2, 0) is 9.59 Å². The van der Waals surface area contributed by atoms with Crippen molar-refractivity contribution in [3.05, 3.63) is 18.2 Å². The minimum absolute atomic E-state index is 0.289. The summed E-state index contributed by atoms with van der Waals surface area (Å²) in [5, 5.41) is 5.99. The average Bonchev–Trinajstić information content (AvgIpc) is 3.22. The molecular weight excluding hydrogens is 404 g/mol. The van der Waals surface area contributed by atoms with E-state index < -0.39 is 17.5 Å². The molecule has 1 saturated heterocycles. The third-order valence-electron chi connectivity index (χ3n) is 6.00. The molecule has 9 heteroatoms. The zero-order valence-electron chi connectivity index (χ0n) is 17.2. The quantitative estimate of drug-likeness (QED) is 0.683. The van der Waals surface area contributed by atoms with E-state index >= 15 is 0 Å². The molecular formula is C21H26N4O4S. The van der Waals surface area contributed by atoms with Gasteiger partial charge in [-0.3, -0.25) is 14.5 Å². The fraction of sp³-hybridized carbons (Fsp3) is 0.524. The number of rotatable bonds is 6. The number of amides is 4. The Morgan fingerprint density at radius 2 is 2.10 bits per heavy atom. The molecule has 1 spiro atoms. The lowest BCUT2D eigenvalue weighted by atomic mass is 9.75. The van der Waals surface area contributed by atoms with Gasteiger partial charge in [-0.1, -0.05) is 24.7 Å². The largest absolute Gasteiger partial charge is 0.494 e. The first kappa shape index (κ1) is 20.6. The maximum Gasteiger partial charge on any atom is 0.325 e. The Kier molecular flexibility index (Phi) is 5.64. The van der Waals surface area contributed by atoms with Crippen LogP contribution in [0.5, 0.6) is 5.75 Å². The SMILES string of the molecule is CCOc1ccc2nc(NC(=O)CN3C(=O)NC4(CCC(CC)CC4)C3=O)sc2c1. The van der Waals surface area contributed by atoms with E-state index in [0.29, 0.717) is 30.5 Å². The van der Waals surface area contributed by atoms with Crippen molar-refractivity contribution in [1.29, 1.82) is 0 Å². The van der Waals surface area contributed by atoms with Crippen LogP contribution in [0.4, 0.5) is 9.93 Å². The van der Waals surface area contributed by atoms with Crippen molar-refractivity contribution in [1.82, 2.24) is 15.2 Å². The Labute approximate surface area is 179 Å². The number of carbonyl (C=O) groups excluding carboxylic acids is 3. The monoisotopic (exact) mass is 430 g/mol. The number of anilines is 1. The zero-order valence-corrected chi connectivity index (χ0v) is 18.0. The standard InChI is InChI=1S/C21H26N4O4S/c1-3-13-7-9-21(10-8-13)18(27)25(20(28)24-21)12-17(26)23-19-22-15-6-5-14(29-4-2)11-16(15)30-19/h5-6,11,13H,3-4,7-10,12H2,1-2H3,(H,24,28)(H,22,23,26).